The molecule has 198 valence electrons. The van der Waals surface area contributed by atoms with Crippen LogP contribution >= 0.6 is 11.6 Å². The first-order valence-electron chi connectivity index (χ1n) is 12.7. The largest absolute Gasteiger partial charge is 0.494 e. The predicted octanol–water partition coefficient (Wildman–Crippen LogP) is 1.64. The van der Waals surface area contributed by atoms with Gasteiger partial charge in [-0.05, 0) is 55.7 Å². The molecular formula is C26H31ClN4O6. The van der Waals surface area contributed by atoms with E-state index < -0.39 is 36.3 Å². The number of fused-ring (bicyclic) bond motifs is 2. The Morgan fingerprint density at radius 1 is 1.27 bits per heavy atom. The number of Topliss-reactive ketones (excluding diaryl/α,β-unsaturated/α-hetero) is 1. The number of nitrogens with one attached hydrogen (secondary N) is 3. The molecule has 5 atom stereocenters. The van der Waals surface area contributed by atoms with E-state index in [0.29, 0.717) is 46.9 Å². The fourth-order valence-electron chi connectivity index (χ4n) is 6.27. The predicted molar refractivity (Wildman–Crippen MR) is 135 cm³/mol. The minimum Gasteiger partial charge on any atom is -0.494 e. The van der Waals surface area contributed by atoms with E-state index in [0.717, 1.165) is 19.3 Å². The maximum atomic E-state index is 13.7. The monoisotopic (exact) mass is 530 g/mol. The van der Waals surface area contributed by atoms with Crippen LogP contribution < -0.4 is 15.4 Å². The standard InChI is InChI=1S/C26H31ClN4O6/c1-37-23-16-10-20(29-18(16)6-5-17(23)27)26(36)31-11-14-3-2-4-15(14)22(31)25(35)30-19(21(33)12-32)9-13-7-8-28-24(13)34/h5-6,10,13-15,19,22,29,32H,2-4,7-9,11-12H2,1H3,(H,28,34)(H,30,35). The maximum Gasteiger partial charge on any atom is 0.271 e. The van der Waals surface area contributed by atoms with Crippen LogP contribution in [0.4, 0.5) is 0 Å². The molecule has 0 spiro atoms. The molecule has 10 nitrogen and oxygen atoms in total. The van der Waals surface area contributed by atoms with Crippen molar-refractivity contribution >= 4 is 46.0 Å². The molecule has 3 fully saturated rings. The average Bonchev–Trinajstić information content (AvgIpc) is 3.66. The van der Waals surface area contributed by atoms with Crippen molar-refractivity contribution in [1.82, 2.24) is 20.5 Å². The summed E-state index contributed by atoms with van der Waals surface area (Å²) in [4.78, 5) is 56.7. The van der Waals surface area contributed by atoms with Gasteiger partial charge in [0.15, 0.2) is 5.78 Å². The third-order valence-corrected chi connectivity index (χ3v) is 8.40. The van der Waals surface area contributed by atoms with Gasteiger partial charge < -0.3 is 30.4 Å². The van der Waals surface area contributed by atoms with Crippen molar-refractivity contribution < 1.29 is 29.0 Å². The van der Waals surface area contributed by atoms with Crippen LogP contribution in [0.5, 0.6) is 5.75 Å². The fourth-order valence-corrected chi connectivity index (χ4v) is 6.51. The van der Waals surface area contributed by atoms with Crippen LogP contribution in [0.25, 0.3) is 10.9 Å². The number of halogens is 1. The number of likely N-dealkylation sites (tertiary alicyclic amines) is 1. The maximum absolute atomic E-state index is 13.7. The summed E-state index contributed by atoms with van der Waals surface area (Å²) < 4.78 is 5.41. The number of hydrogen-bond acceptors (Lipinski definition) is 6. The summed E-state index contributed by atoms with van der Waals surface area (Å²) in [6.45, 7) is 0.225. The quantitative estimate of drug-likeness (QED) is 0.409. The first-order chi connectivity index (χ1) is 17.8. The molecule has 37 heavy (non-hydrogen) atoms. The van der Waals surface area contributed by atoms with E-state index in [2.05, 4.69) is 15.6 Å². The molecule has 0 radical (unpaired) electrons. The van der Waals surface area contributed by atoms with E-state index in [-0.39, 0.29) is 30.1 Å². The number of ketones is 1. The average molecular weight is 531 g/mol. The number of carbonyl (C=O) groups is 4. The zero-order valence-electron chi connectivity index (χ0n) is 20.6. The first kappa shape index (κ1) is 25.5. The van der Waals surface area contributed by atoms with Crippen LogP contribution in [-0.4, -0.2) is 77.4 Å². The van der Waals surface area contributed by atoms with Crippen LogP contribution in [0.1, 0.15) is 42.6 Å². The Morgan fingerprint density at radius 3 is 2.78 bits per heavy atom. The minimum atomic E-state index is -0.997. The third-order valence-electron chi connectivity index (χ3n) is 8.10. The second-order valence-corrected chi connectivity index (χ2v) is 10.6. The topological polar surface area (TPSA) is 141 Å². The van der Waals surface area contributed by atoms with Crippen molar-refractivity contribution in [3.05, 3.63) is 28.9 Å². The minimum absolute atomic E-state index is 0.0167. The Hall–Kier alpha value is -3.11. The van der Waals surface area contributed by atoms with Gasteiger partial charge in [0.05, 0.1) is 18.2 Å². The lowest BCUT2D eigenvalue weighted by Gasteiger charge is -2.29. The van der Waals surface area contributed by atoms with E-state index in [1.165, 1.54) is 7.11 Å². The fraction of sp³-hybridized carbons (Fsp3) is 0.538. The summed E-state index contributed by atoms with van der Waals surface area (Å²) >= 11 is 6.25. The molecule has 0 bridgehead atoms. The highest BCUT2D eigenvalue weighted by atomic mass is 35.5. The molecule has 2 aliphatic heterocycles. The van der Waals surface area contributed by atoms with E-state index in [9.17, 15) is 24.3 Å². The SMILES string of the molecule is COc1c(Cl)ccc2[nH]c(C(=O)N3CC4CCCC4C3C(=O)NC(CC3CCNC3=O)C(=O)CO)cc12. The number of carbonyl (C=O) groups excluding carboxylic acids is 4. The van der Waals surface area contributed by atoms with Crippen LogP contribution in [-0.2, 0) is 14.4 Å². The molecule has 2 aromatic rings. The van der Waals surface area contributed by atoms with Crippen molar-refractivity contribution in [3.8, 4) is 5.75 Å². The zero-order chi connectivity index (χ0) is 26.3. The number of H-pyrrole nitrogens is 1. The number of nitrogens with zero attached hydrogens (tertiary/aromatic N) is 1. The van der Waals surface area contributed by atoms with E-state index in [1.807, 2.05) is 0 Å². The smallest absolute Gasteiger partial charge is 0.271 e. The number of aliphatic hydroxyl groups excluding tert-OH is 1. The van der Waals surface area contributed by atoms with Gasteiger partial charge in [-0.3, -0.25) is 19.2 Å². The second-order valence-electron chi connectivity index (χ2n) is 10.2. The zero-order valence-corrected chi connectivity index (χ0v) is 21.3. The van der Waals surface area contributed by atoms with Gasteiger partial charge >= 0.3 is 0 Å². The highest BCUT2D eigenvalue weighted by molar-refractivity contribution is 6.33. The molecule has 3 amide bonds. The number of amides is 3. The molecule has 11 heteroatoms. The van der Waals surface area contributed by atoms with Crippen LogP contribution in [0.2, 0.25) is 5.02 Å². The normalized spacial score (nSPS) is 25.7. The Kier molecular flexibility index (Phi) is 7.13. The van der Waals surface area contributed by atoms with Gasteiger partial charge in [-0.25, -0.2) is 0 Å². The van der Waals surface area contributed by atoms with Gasteiger partial charge in [0, 0.05) is 29.9 Å². The number of aliphatic hydroxyl groups is 1. The molecule has 5 rings (SSSR count). The summed E-state index contributed by atoms with van der Waals surface area (Å²) in [6, 6.07) is 3.39. The lowest BCUT2D eigenvalue weighted by atomic mass is 9.92. The highest BCUT2D eigenvalue weighted by Gasteiger charge is 2.50. The summed E-state index contributed by atoms with van der Waals surface area (Å²) in [7, 11) is 1.51. The molecule has 3 aliphatic rings. The van der Waals surface area contributed by atoms with Crippen LogP contribution in [0.15, 0.2) is 18.2 Å². The molecule has 1 saturated carbocycles. The van der Waals surface area contributed by atoms with Gasteiger partial charge in [-0.1, -0.05) is 18.0 Å². The summed E-state index contributed by atoms with van der Waals surface area (Å²) in [6.07, 6.45) is 3.40. The third kappa shape index (κ3) is 4.68. The summed E-state index contributed by atoms with van der Waals surface area (Å²) in [5.74, 6) is -1.22. The van der Waals surface area contributed by atoms with Gasteiger partial charge in [-0.2, -0.15) is 0 Å². The Labute approximate surface area is 219 Å². The lowest BCUT2D eigenvalue weighted by molar-refractivity contribution is -0.133. The highest BCUT2D eigenvalue weighted by Crippen LogP contribution is 2.43. The number of methoxy groups -OCH3 is 1. The lowest BCUT2D eigenvalue weighted by Crippen LogP contribution is -2.53. The Balaban J connectivity index is 1.40. The molecule has 4 N–H and O–H groups in total. The van der Waals surface area contributed by atoms with E-state index in [4.69, 9.17) is 16.3 Å². The van der Waals surface area contributed by atoms with Crippen molar-refractivity contribution in [2.24, 2.45) is 17.8 Å². The summed E-state index contributed by atoms with van der Waals surface area (Å²) in [5.41, 5.74) is 1.01. The van der Waals surface area contributed by atoms with Crippen molar-refractivity contribution in [2.75, 3.05) is 26.8 Å². The summed E-state index contributed by atoms with van der Waals surface area (Å²) in [5, 5.41) is 16.1. The van der Waals surface area contributed by atoms with Gasteiger partial charge in [0.25, 0.3) is 5.91 Å². The number of rotatable bonds is 8. The number of hydrogen-bond donors (Lipinski definition) is 4. The van der Waals surface area contributed by atoms with Gasteiger partial charge in [0.2, 0.25) is 11.8 Å². The second kappa shape index (κ2) is 10.3. The molecule has 2 saturated heterocycles. The van der Waals surface area contributed by atoms with Crippen molar-refractivity contribution in [2.45, 2.75) is 44.2 Å². The van der Waals surface area contributed by atoms with Crippen molar-refractivity contribution in [1.29, 1.82) is 0 Å². The number of ether oxygens (including phenoxy) is 1. The number of aromatic nitrogens is 1. The van der Waals surface area contributed by atoms with Crippen LogP contribution in [0.3, 0.4) is 0 Å². The number of aromatic amines is 1. The van der Waals surface area contributed by atoms with Gasteiger partial charge in [-0.15, -0.1) is 0 Å². The molecule has 1 aromatic carbocycles. The Morgan fingerprint density at radius 2 is 2.08 bits per heavy atom. The Bertz CT molecular complexity index is 1250. The van der Waals surface area contributed by atoms with Crippen LogP contribution in [0, 0.1) is 17.8 Å². The molecule has 1 aromatic heterocycles. The molecule has 5 unspecified atom stereocenters. The van der Waals surface area contributed by atoms with Crippen molar-refractivity contribution in [3.63, 3.8) is 0 Å². The number of benzene rings is 1. The molecule has 3 heterocycles. The molecular weight excluding hydrogens is 500 g/mol. The first-order valence-corrected chi connectivity index (χ1v) is 13.1. The van der Waals surface area contributed by atoms with E-state index >= 15 is 0 Å². The van der Waals surface area contributed by atoms with Gasteiger partial charge in [0.1, 0.15) is 24.1 Å². The molecule has 1 aliphatic carbocycles. The van der Waals surface area contributed by atoms with E-state index in [1.54, 1.807) is 23.1 Å².